The van der Waals surface area contributed by atoms with Crippen molar-refractivity contribution >= 4 is 27.8 Å². The summed E-state index contributed by atoms with van der Waals surface area (Å²) in [7, 11) is -3.66. The first-order valence-corrected chi connectivity index (χ1v) is 9.97. The van der Waals surface area contributed by atoms with Crippen molar-refractivity contribution in [2.24, 2.45) is 0 Å². The van der Waals surface area contributed by atoms with Crippen molar-refractivity contribution in [3.05, 3.63) is 64.0 Å². The van der Waals surface area contributed by atoms with Crippen LogP contribution in [0.2, 0.25) is 0 Å². The summed E-state index contributed by atoms with van der Waals surface area (Å²) in [6.45, 7) is 3.68. The number of hydrogen-bond acceptors (Lipinski definition) is 6. The summed E-state index contributed by atoms with van der Waals surface area (Å²) in [4.78, 5) is 0.265. The maximum Gasteiger partial charge on any atom is 0.264 e. The molecule has 6 nitrogen and oxygen atoms in total. The van der Waals surface area contributed by atoms with Crippen molar-refractivity contribution in [2.75, 3.05) is 11.3 Å². The maximum atomic E-state index is 12.8. The van der Waals surface area contributed by atoms with Crippen LogP contribution in [0.5, 0.6) is 0 Å². The van der Waals surface area contributed by atoms with Gasteiger partial charge in [-0.3, -0.25) is 9.03 Å². The van der Waals surface area contributed by atoms with Crippen LogP contribution in [0.4, 0.5) is 5.69 Å². The molecule has 3 aliphatic heterocycles. The van der Waals surface area contributed by atoms with Crippen molar-refractivity contribution in [1.82, 2.24) is 14.3 Å². The topological polar surface area (TPSA) is 73.5 Å². The van der Waals surface area contributed by atoms with E-state index in [1.807, 2.05) is 35.5 Å². The first-order chi connectivity index (χ1) is 11.5. The van der Waals surface area contributed by atoms with E-state index in [2.05, 4.69) is 14.8 Å². The molecule has 8 heteroatoms. The van der Waals surface area contributed by atoms with Crippen LogP contribution >= 0.6 is 12.1 Å². The molecule has 4 rings (SSSR count). The van der Waals surface area contributed by atoms with Gasteiger partial charge in [-0.25, -0.2) is 8.42 Å². The lowest BCUT2D eigenvalue weighted by molar-refractivity contribution is 0.604. The Morgan fingerprint density at radius 1 is 1.25 bits per heavy atom. The Morgan fingerprint density at radius 3 is 3.00 bits per heavy atom. The number of fused-ring (bicyclic) bond motifs is 2. The number of anilines is 1. The molecule has 0 fully saturated rings. The van der Waals surface area contributed by atoms with Crippen LogP contribution in [0.25, 0.3) is 0 Å². The SMILES string of the molecule is CC1=CC=C(S(=O)(=O)Nc2ccc3c(c2)CNCC3)C2=CNSN12. The van der Waals surface area contributed by atoms with E-state index >= 15 is 0 Å². The third-order valence-corrected chi connectivity index (χ3v) is 6.56. The highest BCUT2D eigenvalue weighted by molar-refractivity contribution is 7.97. The molecule has 0 amide bonds. The van der Waals surface area contributed by atoms with E-state index in [1.165, 1.54) is 17.7 Å². The lowest BCUT2D eigenvalue weighted by atomic mass is 10.0. The number of rotatable bonds is 3. The standard InChI is InChI=1S/C16H18N4O2S2/c1-11-2-5-16(15-10-18-23-20(11)15)24(21,22)19-14-4-3-12-6-7-17-9-13(12)8-14/h2-5,8,10,17-19H,6-7,9H2,1H3. The van der Waals surface area contributed by atoms with E-state index in [0.717, 1.165) is 30.8 Å². The van der Waals surface area contributed by atoms with Crippen LogP contribution in [0.15, 0.2) is 52.9 Å². The summed E-state index contributed by atoms with van der Waals surface area (Å²) in [6.07, 6.45) is 6.14. The van der Waals surface area contributed by atoms with Gasteiger partial charge in [-0.1, -0.05) is 6.07 Å². The van der Waals surface area contributed by atoms with Gasteiger partial charge in [0.05, 0.1) is 17.8 Å². The molecule has 0 spiro atoms. The molecular formula is C16H18N4O2S2. The number of allylic oxidation sites excluding steroid dienone is 3. The number of sulfonamides is 1. The van der Waals surface area contributed by atoms with Crippen molar-refractivity contribution in [2.45, 2.75) is 19.9 Å². The van der Waals surface area contributed by atoms with Crippen LogP contribution in [-0.4, -0.2) is 19.3 Å². The van der Waals surface area contributed by atoms with E-state index in [9.17, 15) is 8.42 Å². The van der Waals surface area contributed by atoms with Gasteiger partial charge in [-0.15, -0.1) is 0 Å². The fraction of sp³-hybridized carbons (Fsp3) is 0.250. The Hall–Kier alpha value is -1.90. The van der Waals surface area contributed by atoms with Gasteiger partial charge < -0.3 is 10.0 Å². The third-order valence-electron chi connectivity index (χ3n) is 4.24. The number of nitrogens with one attached hydrogen (secondary N) is 3. The molecule has 0 aliphatic carbocycles. The molecule has 0 saturated heterocycles. The molecule has 3 aliphatic rings. The van der Waals surface area contributed by atoms with Crippen LogP contribution in [-0.2, 0) is 23.0 Å². The van der Waals surface area contributed by atoms with E-state index in [0.29, 0.717) is 11.4 Å². The minimum Gasteiger partial charge on any atom is -0.316 e. The molecule has 0 unspecified atom stereocenters. The maximum absolute atomic E-state index is 12.8. The quantitative estimate of drug-likeness (QED) is 0.716. The van der Waals surface area contributed by atoms with Gasteiger partial charge >= 0.3 is 0 Å². The number of benzene rings is 1. The minimum absolute atomic E-state index is 0.265. The molecule has 1 aromatic rings. The van der Waals surface area contributed by atoms with Crippen LogP contribution in [0.3, 0.4) is 0 Å². The second-order valence-electron chi connectivity index (χ2n) is 5.89. The summed E-state index contributed by atoms with van der Waals surface area (Å²) < 4.78 is 33.3. The zero-order valence-electron chi connectivity index (χ0n) is 13.2. The molecule has 24 heavy (non-hydrogen) atoms. The van der Waals surface area contributed by atoms with Gasteiger partial charge in [0.2, 0.25) is 0 Å². The van der Waals surface area contributed by atoms with Gasteiger partial charge in [-0.05, 0) is 55.3 Å². The molecular weight excluding hydrogens is 344 g/mol. The zero-order valence-corrected chi connectivity index (χ0v) is 14.8. The summed E-state index contributed by atoms with van der Waals surface area (Å²) in [5.74, 6) is 0. The molecule has 3 N–H and O–H groups in total. The van der Waals surface area contributed by atoms with Gasteiger partial charge in [0.15, 0.2) is 0 Å². The highest BCUT2D eigenvalue weighted by Crippen LogP contribution is 2.37. The van der Waals surface area contributed by atoms with Crippen LogP contribution < -0.4 is 14.8 Å². The average Bonchev–Trinajstić information content (AvgIpc) is 3.05. The Labute approximate surface area is 146 Å². The summed E-state index contributed by atoms with van der Waals surface area (Å²) in [5, 5.41) is 3.31. The molecule has 0 bridgehead atoms. The highest BCUT2D eigenvalue weighted by Gasteiger charge is 2.31. The van der Waals surface area contributed by atoms with E-state index in [1.54, 1.807) is 12.3 Å². The van der Waals surface area contributed by atoms with Crippen molar-refractivity contribution in [3.63, 3.8) is 0 Å². The van der Waals surface area contributed by atoms with Crippen molar-refractivity contribution < 1.29 is 8.42 Å². The van der Waals surface area contributed by atoms with Gasteiger partial charge in [0.1, 0.15) is 4.91 Å². The molecule has 3 heterocycles. The molecule has 126 valence electrons. The largest absolute Gasteiger partial charge is 0.316 e. The van der Waals surface area contributed by atoms with Crippen LogP contribution in [0.1, 0.15) is 18.1 Å². The Kier molecular flexibility index (Phi) is 3.82. The smallest absolute Gasteiger partial charge is 0.264 e. The van der Waals surface area contributed by atoms with E-state index in [-0.39, 0.29) is 4.91 Å². The monoisotopic (exact) mass is 362 g/mol. The first-order valence-electron chi connectivity index (χ1n) is 7.72. The second kappa shape index (κ2) is 5.87. The van der Waals surface area contributed by atoms with E-state index < -0.39 is 10.0 Å². The minimum atomic E-state index is -3.66. The Morgan fingerprint density at radius 2 is 2.12 bits per heavy atom. The molecule has 0 aromatic heterocycles. The predicted molar refractivity (Wildman–Crippen MR) is 96.9 cm³/mol. The number of hydrogen-bond donors (Lipinski definition) is 3. The Bertz CT molecular complexity index is 887. The van der Waals surface area contributed by atoms with E-state index in [4.69, 9.17) is 0 Å². The molecule has 0 saturated carbocycles. The van der Waals surface area contributed by atoms with Gasteiger partial charge in [0, 0.05) is 24.1 Å². The summed E-state index contributed by atoms with van der Waals surface area (Å²) in [6, 6.07) is 5.75. The van der Waals surface area contributed by atoms with Gasteiger partial charge in [-0.2, -0.15) is 0 Å². The predicted octanol–water partition coefficient (Wildman–Crippen LogP) is 2.19. The summed E-state index contributed by atoms with van der Waals surface area (Å²) >= 11 is 1.36. The lowest BCUT2D eigenvalue weighted by Gasteiger charge is -2.25. The zero-order chi connectivity index (χ0) is 16.7. The van der Waals surface area contributed by atoms with Crippen molar-refractivity contribution in [1.29, 1.82) is 0 Å². The number of nitrogens with zero attached hydrogens (tertiary/aromatic N) is 1. The summed E-state index contributed by atoms with van der Waals surface area (Å²) in [5.41, 5.74) is 4.64. The Balaban J connectivity index is 1.64. The molecule has 1 aromatic carbocycles. The second-order valence-corrected chi connectivity index (χ2v) is 8.32. The molecule has 0 atom stereocenters. The van der Waals surface area contributed by atoms with Gasteiger partial charge in [0.25, 0.3) is 10.0 Å². The highest BCUT2D eigenvalue weighted by atomic mass is 32.2. The molecule has 0 radical (unpaired) electrons. The lowest BCUT2D eigenvalue weighted by Crippen LogP contribution is -2.25. The normalized spacial score (nSPS) is 19.5. The van der Waals surface area contributed by atoms with Crippen LogP contribution in [0, 0.1) is 0 Å². The first kappa shape index (κ1) is 15.6. The third kappa shape index (κ3) is 2.70. The van der Waals surface area contributed by atoms with Crippen molar-refractivity contribution in [3.8, 4) is 0 Å². The average molecular weight is 362 g/mol. The fourth-order valence-electron chi connectivity index (χ4n) is 3.01. The fourth-order valence-corrected chi connectivity index (χ4v) is 5.01.